The largest absolute Gasteiger partial charge is 0.253 e. The normalized spacial score (nSPS) is 11.1. The van der Waals surface area contributed by atoms with Gasteiger partial charge < -0.3 is 0 Å². The standard InChI is InChI=1S/C16H10BrFIN3S/c17-12-7-14(19)13(18)6-11(12)8-20-22-16-21-15(9-23-16)10-4-2-1-3-5-10/h1-9H,(H,21,22). The number of hydrogen-bond donors (Lipinski definition) is 1. The molecule has 116 valence electrons. The van der Waals surface area contributed by atoms with E-state index < -0.39 is 0 Å². The predicted molar refractivity (Wildman–Crippen MR) is 106 cm³/mol. The summed E-state index contributed by atoms with van der Waals surface area (Å²) in [6.07, 6.45) is 1.56. The lowest BCUT2D eigenvalue weighted by atomic mass is 10.2. The number of anilines is 1. The smallest absolute Gasteiger partial charge is 0.203 e. The molecule has 0 unspecified atom stereocenters. The van der Waals surface area contributed by atoms with Gasteiger partial charge in [0.15, 0.2) is 0 Å². The highest BCUT2D eigenvalue weighted by atomic mass is 127. The highest BCUT2D eigenvalue weighted by Gasteiger charge is 2.05. The number of nitrogens with one attached hydrogen (secondary N) is 1. The Morgan fingerprint density at radius 1 is 1.26 bits per heavy atom. The number of halogens is 3. The van der Waals surface area contributed by atoms with Crippen molar-refractivity contribution in [1.82, 2.24) is 4.98 Å². The minimum Gasteiger partial charge on any atom is -0.253 e. The zero-order chi connectivity index (χ0) is 16.2. The Labute approximate surface area is 158 Å². The molecular weight excluding hydrogens is 492 g/mol. The maximum atomic E-state index is 13.6. The van der Waals surface area contributed by atoms with Crippen molar-refractivity contribution in [1.29, 1.82) is 0 Å². The van der Waals surface area contributed by atoms with Crippen LogP contribution in [0.5, 0.6) is 0 Å². The van der Waals surface area contributed by atoms with Crippen molar-refractivity contribution in [2.75, 3.05) is 5.43 Å². The average molecular weight is 502 g/mol. The molecule has 1 N–H and O–H groups in total. The molecule has 0 atom stereocenters. The summed E-state index contributed by atoms with van der Waals surface area (Å²) in [5, 5.41) is 6.77. The topological polar surface area (TPSA) is 37.3 Å². The molecule has 3 rings (SSSR count). The molecule has 0 aliphatic rings. The van der Waals surface area contributed by atoms with Crippen LogP contribution in [-0.4, -0.2) is 11.2 Å². The van der Waals surface area contributed by atoms with Crippen molar-refractivity contribution in [3.63, 3.8) is 0 Å². The van der Waals surface area contributed by atoms with Crippen molar-refractivity contribution in [3.8, 4) is 11.3 Å². The third-order valence-corrected chi connectivity index (χ3v) is 5.24. The average Bonchev–Trinajstić information content (AvgIpc) is 3.02. The van der Waals surface area contributed by atoms with Gasteiger partial charge in [-0.05, 0) is 34.7 Å². The highest BCUT2D eigenvalue weighted by Crippen LogP contribution is 2.25. The summed E-state index contributed by atoms with van der Waals surface area (Å²) in [6.45, 7) is 0. The lowest BCUT2D eigenvalue weighted by Gasteiger charge is -2.01. The van der Waals surface area contributed by atoms with E-state index in [0.717, 1.165) is 15.7 Å². The number of nitrogens with zero attached hydrogens (tertiary/aromatic N) is 2. The molecule has 3 nitrogen and oxygen atoms in total. The van der Waals surface area contributed by atoms with Crippen molar-refractivity contribution in [3.05, 3.63) is 67.3 Å². The Morgan fingerprint density at radius 3 is 2.83 bits per heavy atom. The molecule has 0 bridgehead atoms. The van der Waals surface area contributed by atoms with Crippen LogP contribution in [0.15, 0.2) is 57.4 Å². The van der Waals surface area contributed by atoms with Crippen LogP contribution >= 0.6 is 49.9 Å². The second kappa shape index (κ2) is 7.50. The Morgan fingerprint density at radius 2 is 2.04 bits per heavy atom. The fraction of sp³-hybridized carbons (Fsp3) is 0. The van der Waals surface area contributed by atoms with E-state index in [2.05, 4.69) is 31.4 Å². The third kappa shape index (κ3) is 4.15. The van der Waals surface area contributed by atoms with Crippen molar-refractivity contribution in [2.45, 2.75) is 0 Å². The second-order valence-electron chi connectivity index (χ2n) is 4.56. The number of hydrazone groups is 1. The SMILES string of the molecule is Fc1cc(C=NNc2nc(-c3ccccc3)cs2)c(Br)cc1I. The number of hydrogen-bond acceptors (Lipinski definition) is 4. The Balaban J connectivity index is 1.72. The lowest BCUT2D eigenvalue weighted by Crippen LogP contribution is -1.93. The summed E-state index contributed by atoms with van der Waals surface area (Å²) in [6, 6.07) is 13.1. The van der Waals surface area contributed by atoms with Gasteiger partial charge in [-0.2, -0.15) is 5.10 Å². The molecule has 0 aliphatic heterocycles. The summed E-state index contributed by atoms with van der Waals surface area (Å²) < 4.78 is 14.9. The summed E-state index contributed by atoms with van der Waals surface area (Å²) in [7, 11) is 0. The van der Waals surface area contributed by atoms with E-state index in [9.17, 15) is 4.39 Å². The first-order chi connectivity index (χ1) is 11.1. The Bertz CT molecular complexity index is 852. The van der Waals surface area contributed by atoms with E-state index in [1.807, 2.05) is 58.3 Å². The molecule has 3 aromatic rings. The first kappa shape index (κ1) is 16.5. The zero-order valence-corrected chi connectivity index (χ0v) is 16.2. The molecule has 0 radical (unpaired) electrons. The van der Waals surface area contributed by atoms with E-state index >= 15 is 0 Å². The van der Waals surface area contributed by atoms with Gasteiger partial charge in [0, 0.05) is 24.5 Å². The molecule has 23 heavy (non-hydrogen) atoms. The molecule has 1 aromatic heterocycles. The number of thiazole rings is 1. The first-order valence-corrected chi connectivity index (χ1v) is 9.33. The molecular formula is C16H10BrFIN3S. The summed E-state index contributed by atoms with van der Waals surface area (Å²) in [5.41, 5.74) is 5.50. The van der Waals surface area contributed by atoms with Crippen LogP contribution in [0.2, 0.25) is 0 Å². The van der Waals surface area contributed by atoms with Gasteiger partial charge >= 0.3 is 0 Å². The third-order valence-electron chi connectivity index (χ3n) is 2.98. The molecule has 2 aromatic carbocycles. The quantitative estimate of drug-likeness (QED) is 0.213. The molecule has 0 spiro atoms. The first-order valence-electron chi connectivity index (χ1n) is 6.58. The van der Waals surface area contributed by atoms with Crippen LogP contribution in [0.4, 0.5) is 9.52 Å². The van der Waals surface area contributed by atoms with Crippen molar-refractivity contribution < 1.29 is 4.39 Å². The fourth-order valence-corrected chi connectivity index (χ4v) is 3.87. The molecule has 0 aliphatic carbocycles. The molecule has 1 heterocycles. The summed E-state index contributed by atoms with van der Waals surface area (Å²) in [4.78, 5) is 4.47. The minimum absolute atomic E-state index is 0.268. The molecule has 7 heteroatoms. The summed E-state index contributed by atoms with van der Waals surface area (Å²) >= 11 is 6.81. The van der Waals surface area contributed by atoms with E-state index in [1.54, 1.807) is 12.3 Å². The monoisotopic (exact) mass is 501 g/mol. The van der Waals surface area contributed by atoms with Crippen LogP contribution in [0, 0.1) is 9.39 Å². The van der Waals surface area contributed by atoms with E-state index in [0.29, 0.717) is 14.3 Å². The Hall–Kier alpha value is -1.32. The maximum absolute atomic E-state index is 13.6. The van der Waals surface area contributed by atoms with E-state index in [-0.39, 0.29) is 5.82 Å². The Kier molecular flexibility index (Phi) is 5.39. The van der Waals surface area contributed by atoms with Gasteiger partial charge in [-0.1, -0.05) is 46.3 Å². The van der Waals surface area contributed by atoms with Gasteiger partial charge in [-0.15, -0.1) is 11.3 Å². The van der Waals surface area contributed by atoms with E-state index in [4.69, 9.17) is 0 Å². The molecule has 0 fully saturated rings. The zero-order valence-electron chi connectivity index (χ0n) is 11.6. The molecule has 0 saturated heterocycles. The minimum atomic E-state index is -0.268. The van der Waals surface area contributed by atoms with E-state index in [1.165, 1.54) is 17.4 Å². The summed E-state index contributed by atoms with van der Waals surface area (Å²) in [5.74, 6) is -0.268. The van der Waals surface area contributed by atoms with Gasteiger partial charge in [-0.25, -0.2) is 9.37 Å². The van der Waals surface area contributed by atoms with Gasteiger partial charge in [0.05, 0.1) is 11.9 Å². The van der Waals surface area contributed by atoms with Crippen molar-refractivity contribution >= 4 is 61.2 Å². The maximum Gasteiger partial charge on any atom is 0.203 e. The fourth-order valence-electron chi connectivity index (χ4n) is 1.86. The van der Waals surface area contributed by atoms with Gasteiger partial charge in [0.25, 0.3) is 0 Å². The number of benzene rings is 2. The lowest BCUT2D eigenvalue weighted by molar-refractivity contribution is 0.620. The van der Waals surface area contributed by atoms with Crippen LogP contribution in [0.3, 0.4) is 0 Å². The molecule has 0 amide bonds. The van der Waals surface area contributed by atoms with Gasteiger partial charge in [0.1, 0.15) is 5.82 Å². The number of rotatable bonds is 4. The number of aromatic nitrogens is 1. The predicted octanol–water partition coefficient (Wildman–Crippen LogP) is 5.76. The van der Waals surface area contributed by atoms with Gasteiger partial charge in [0.2, 0.25) is 5.13 Å². The van der Waals surface area contributed by atoms with Crippen LogP contribution in [0.25, 0.3) is 11.3 Å². The van der Waals surface area contributed by atoms with Crippen LogP contribution in [-0.2, 0) is 0 Å². The second-order valence-corrected chi connectivity index (χ2v) is 7.44. The van der Waals surface area contributed by atoms with Crippen LogP contribution < -0.4 is 5.43 Å². The van der Waals surface area contributed by atoms with Crippen molar-refractivity contribution in [2.24, 2.45) is 5.10 Å². The molecule has 0 saturated carbocycles. The van der Waals surface area contributed by atoms with Gasteiger partial charge in [-0.3, -0.25) is 5.43 Å². The highest BCUT2D eigenvalue weighted by molar-refractivity contribution is 14.1. The van der Waals surface area contributed by atoms with Crippen LogP contribution in [0.1, 0.15) is 5.56 Å².